The van der Waals surface area contributed by atoms with Gasteiger partial charge in [0.15, 0.2) is 17.4 Å². The fourth-order valence-corrected chi connectivity index (χ4v) is 4.45. The molecule has 0 fully saturated rings. The number of halogens is 9. The molecule has 44 heavy (non-hydrogen) atoms. The van der Waals surface area contributed by atoms with Gasteiger partial charge in [0.25, 0.3) is 6.43 Å². The summed E-state index contributed by atoms with van der Waals surface area (Å²) in [6.45, 7) is 2.11. The summed E-state index contributed by atoms with van der Waals surface area (Å²) >= 11 is 0. The minimum atomic E-state index is -4.78. The van der Waals surface area contributed by atoms with Crippen LogP contribution in [0.4, 0.5) is 39.5 Å². The lowest BCUT2D eigenvalue weighted by Crippen LogP contribution is -2.25. The fourth-order valence-electron chi connectivity index (χ4n) is 4.45. The Morgan fingerprint density at radius 2 is 1.30 bits per heavy atom. The number of unbranched alkanes of at least 4 members (excludes halogenated alkanes) is 2. The van der Waals surface area contributed by atoms with Gasteiger partial charge >= 0.3 is 6.11 Å². The van der Waals surface area contributed by atoms with E-state index in [0.717, 1.165) is 37.3 Å². The first kappa shape index (κ1) is 32.5. The molecular formula is C33H25F9O2. The number of aryl methyl sites for hydroxylation is 1. The van der Waals surface area contributed by atoms with Crippen LogP contribution in [0.5, 0.6) is 11.5 Å². The van der Waals surface area contributed by atoms with E-state index in [4.69, 9.17) is 0 Å². The van der Waals surface area contributed by atoms with Crippen molar-refractivity contribution in [1.82, 2.24) is 0 Å². The molecule has 0 N–H and O–H groups in total. The maximum absolute atomic E-state index is 15.1. The predicted octanol–water partition coefficient (Wildman–Crippen LogP) is 10.7. The molecule has 0 amide bonds. The second-order valence-corrected chi connectivity index (χ2v) is 9.78. The largest absolute Gasteiger partial charge is 0.459 e. The number of hydrogen-bond acceptors (Lipinski definition) is 2. The van der Waals surface area contributed by atoms with Crippen LogP contribution < -0.4 is 9.47 Å². The Bertz CT molecular complexity index is 1590. The number of hydrogen-bond donors (Lipinski definition) is 0. The zero-order valence-corrected chi connectivity index (χ0v) is 23.1. The summed E-state index contributed by atoms with van der Waals surface area (Å²) in [5, 5.41) is 0. The van der Waals surface area contributed by atoms with Gasteiger partial charge in [-0.05, 0) is 53.3 Å². The molecule has 0 saturated carbocycles. The third kappa shape index (κ3) is 7.75. The summed E-state index contributed by atoms with van der Waals surface area (Å²) in [4.78, 5) is 0. The summed E-state index contributed by atoms with van der Waals surface area (Å²) in [5.74, 6) is -10.1. The zero-order valence-electron chi connectivity index (χ0n) is 23.1. The van der Waals surface area contributed by atoms with Gasteiger partial charge in [-0.3, -0.25) is 0 Å². The Balaban J connectivity index is 1.55. The Morgan fingerprint density at radius 1 is 0.705 bits per heavy atom. The van der Waals surface area contributed by atoms with Gasteiger partial charge in [0.05, 0.1) is 6.26 Å². The van der Waals surface area contributed by atoms with E-state index in [1.807, 2.05) is 24.3 Å². The standard InChI is InChI=1S/C33H25F9O2/c1-2-3-4-5-19-6-8-20(9-7-19)21-10-11-24(25(34)14-21)22-15-26(35)31(27(36)16-22)33(41,42)44-23-17-28(37)32(29(38)18-23)43-13-12-30(39)40/h6-18,30H,2-5H2,1H3. The average molecular weight is 625 g/mol. The molecule has 0 aliphatic heterocycles. The topological polar surface area (TPSA) is 18.5 Å². The number of rotatable bonds is 12. The SMILES string of the molecule is CCCCCc1ccc(-c2ccc(-c3cc(F)c(C(F)(F)Oc4cc(F)c(OC=CC(F)F)c(F)c4)c(F)c3)c(F)c2)cc1. The molecule has 0 saturated heterocycles. The van der Waals surface area contributed by atoms with Gasteiger partial charge in [-0.15, -0.1) is 0 Å². The van der Waals surface area contributed by atoms with Gasteiger partial charge in [0.2, 0.25) is 0 Å². The van der Waals surface area contributed by atoms with Gasteiger partial charge in [-0.2, -0.15) is 8.78 Å². The molecule has 4 rings (SSSR count). The zero-order chi connectivity index (χ0) is 32.0. The molecule has 232 valence electrons. The van der Waals surface area contributed by atoms with Crippen LogP contribution in [0.2, 0.25) is 0 Å². The molecule has 11 heteroatoms. The molecule has 0 aliphatic rings. The van der Waals surface area contributed by atoms with E-state index in [1.54, 1.807) is 0 Å². The highest BCUT2D eigenvalue weighted by Crippen LogP contribution is 2.39. The minimum absolute atomic E-state index is 0.167. The van der Waals surface area contributed by atoms with Crippen molar-refractivity contribution in [3.05, 3.63) is 119 Å². The Morgan fingerprint density at radius 3 is 1.86 bits per heavy atom. The molecule has 0 radical (unpaired) electrons. The van der Waals surface area contributed by atoms with Gasteiger partial charge in [-0.1, -0.05) is 56.2 Å². The normalized spacial score (nSPS) is 11.9. The summed E-state index contributed by atoms with van der Waals surface area (Å²) in [6, 6.07) is 12.8. The van der Waals surface area contributed by atoms with Crippen LogP contribution in [-0.2, 0) is 12.5 Å². The van der Waals surface area contributed by atoms with Crippen LogP contribution in [-0.4, -0.2) is 6.43 Å². The van der Waals surface area contributed by atoms with Crippen molar-refractivity contribution in [2.75, 3.05) is 0 Å². The lowest BCUT2D eigenvalue weighted by molar-refractivity contribution is -0.189. The van der Waals surface area contributed by atoms with Crippen LogP contribution in [0.1, 0.15) is 37.3 Å². The summed E-state index contributed by atoms with van der Waals surface area (Å²) < 4.78 is 136. The minimum Gasteiger partial charge on any atom is -0.459 e. The van der Waals surface area contributed by atoms with Gasteiger partial charge < -0.3 is 9.47 Å². The van der Waals surface area contributed by atoms with Crippen molar-refractivity contribution in [3.63, 3.8) is 0 Å². The molecule has 0 aliphatic carbocycles. The molecule has 2 nitrogen and oxygen atoms in total. The molecular weight excluding hydrogens is 599 g/mol. The summed E-state index contributed by atoms with van der Waals surface area (Å²) in [6.07, 6.45) is -3.15. The number of alkyl halides is 4. The number of benzene rings is 4. The first-order valence-electron chi connectivity index (χ1n) is 13.5. The molecule has 0 unspecified atom stereocenters. The van der Waals surface area contributed by atoms with E-state index in [0.29, 0.717) is 23.3 Å². The van der Waals surface area contributed by atoms with E-state index in [9.17, 15) is 35.1 Å². The van der Waals surface area contributed by atoms with Crippen LogP contribution >= 0.6 is 0 Å². The van der Waals surface area contributed by atoms with Crippen molar-refractivity contribution in [1.29, 1.82) is 0 Å². The first-order chi connectivity index (χ1) is 20.9. The molecule has 4 aromatic carbocycles. The van der Waals surface area contributed by atoms with Crippen LogP contribution in [0.3, 0.4) is 0 Å². The van der Waals surface area contributed by atoms with Crippen LogP contribution in [0, 0.1) is 29.1 Å². The number of allylic oxidation sites excluding steroid dienone is 1. The Hall–Kier alpha value is -4.41. The van der Waals surface area contributed by atoms with E-state index < -0.39 is 58.7 Å². The highest BCUT2D eigenvalue weighted by molar-refractivity contribution is 5.71. The average Bonchev–Trinajstić information content (AvgIpc) is 2.94. The van der Waals surface area contributed by atoms with E-state index >= 15 is 4.39 Å². The maximum atomic E-state index is 15.1. The monoisotopic (exact) mass is 624 g/mol. The quantitative estimate of drug-likeness (QED) is 0.0887. The Labute approximate surface area is 247 Å². The second kappa shape index (κ2) is 13.9. The molecule has 4 aromatic rings. The summed E-state index contributed by atoms with van der Waals surface area (Å²) in [7, 11) is 0. The molecule has 0 atom stereocenters. The predicted molar refractivity (Wildman–Crippen MR) is 147 cm³/mol. The van der Waals surface area contributed by atoms with Gasteiger partial charge in [-0.25, -0.2) is 30.7 Å². The van der Waals surface area contributed by atoms with Crippen molar-refractivity contribution in [2.45, 2.75) is 45.1 Å². The Kier molecular flexibility index (Phi) is 10.3. The fraction of sp³-hybridized carbons (Fsp3) is 0.212. The third-order valence-corrected chi connectivity index (χ3v) is 6.60. The van der Waals surface area contributed by atoms with Crippen molar-refractivity contribution in [2.24, 2.45) is 0 Å². The molecule has 0 bridgehead atoms. The van der Waals surface area contributed by atoms with Crippen molar-refractivity contribution < 1.29 is 49.0 Å². The molecule has 0 spiro atoms. The van der Waals surface area contributed by atoms with Crippen LogP contribution in [0.25, 0.3) is 22.3 Å². The lowest BCUT2D eigenvalue weighted by atomic mass is 9.97. The lowest BCUT2D eigenvalue weighted by Gasteiger charge is -2.20. The summed E-state index contributed by atoms with van der Waals surface area (Å²) in [5.41, 5.74) is -0.212. The number of ether oxygens (including phenoxy) is 2. The van der Waals surface area contributed by atoms with E-state index in [-0.39, 0.29) is 35.6 Å². The highest BCUT2D eigenvalue weighted by Gasteiger charge is 2.41. The smallest absolute Gasteiger partial charge is 0.432 e. The third-order valence-electron chi connectivity index (χ3n) is 6.60. The van der Waals surface area contributed by atoms with Crippen molar-refractivity contribution in [3.8, 4) is 33.8 Å². The molecule has 0 heterocycles. The first-order valence-corrected chi connectivity index (χ1v) is 13.5. The highest BCUT2D eigenvalue weighted by atomic mass is 19.3. The van der Waals surface area contributed by atoms with E-state index in [1.165, 1.54) is 12.1 Å². The van der Waals surface area contributed by atoms with E-state index in [2.05, 4.69) is 16.4 Å². The van der Waals surface area contributed by atoms with Crippen molar-refractivity contribution >= 4 is 0 Å². The van der Waals surface area contributed by atoms with Gasteiger partial charge in [0, 0.05) is 23.8 Å². The maximum Gasteiger partial charge on any atom is 0.432 e. The second-order valence-electron chi connectivity index (χ2n) is 9.78. The molecule has 0 aromatic heterocycles. The van der Waals surface area contributed by atoms with Crippen LogP contribution in [0.15, 0.2) is 79.1 Å². The van der Waals surface area contributed by atoms with Gasteiger partial charge in [0.1, 0.15) is 28.8 Å².